The molecule has 2 rings (SSSR count). The van der Waals surface area contributed by atoms with Crippen molar-refractivity contribution in [3.63, 3.8) is 0 Å². The van der Waals surface area contributed by atoms with Gasteiger partial charge in [-0.05, 0) is 12.8 Å². The van der Waals surface area contributed by atoms with Gasteiger partial charge in [-0.2, -0.15) is 0 Å². The minimum atomic E-state index is 0.00699. The molecule has 22 heavy (non-hydrogen) atoms. The third kappa shape index (κ3) is 3.37. The number of nitrogens with zero attached hydrogens (tertiary/aromatic N) is 2. The number of fused-ring (bicyclic) bond motifs is 1. The van der Waals surface area contributed by atoms with E-state index in [2.05, 4.69) is 36.4 Å². The topological polar surface area (TPSA) is 66.0 Å². The molecular formula is C16H30N4O2. The van der Waals surface area contributed by atoms with Gasteiger partial charge in [0.1, 0.15) is 6.54 Å². The van der Waals surface area contributed by atoms with E-state index in [0.717, 1.165) is 32.0 Å². The van der Waals surface area contributed by atoms with Crippen molar-refractivity contribution in [1.82, 2.24) is 15.5 Å². The number of hydrogen-bond acceptors (Lipinski definition) is 3. The van der Waals surface area contributed by atoms with Gasteiger partial charge < -0.3 is 20.3 Å². The van der Waals surface area contributed by atoms with Crippen LogP contribution in [-0.2, 0) is 9.53 Å². The van der Waals surface area contributed by atoms with Gasteiger partial charge in [0, 0.05) is 44.6 Å². The number of likely N-dealkylation sites (N-methyl/N-ethyl adjacent to an activating group) is 1. The van der Waals surface area contributed by atoms with E-state index in [4.69, 9.17) is 4.74 Å². The molecule has 1 aliphatic heterocycles. The van der Waals surface area contributed by atoms with Crippen LogP contribution in [0.25, 0.3) is 0 Å². The van der Waals surface area contributed by atoms with Crippen molar-refractivity contribution in [1.29, 1.82) is 0 Å². The Labute approximate surface area is 133 Å². The summed E-state index contributed by atoms with van der Waals surface area (Å²) in [6.07, 6.45) is 2.47. The Morgan fingerprint density at radius 3 is 2.77 bits per heavy atom. The Morgan fingerprint density at radius 2 is 2.14 bits per heavy atom. The summed E-state index contributed by atoms with van der Waals surface area (Å²) in [5, 5.41) is 6.84. The minimum absolute atomic E-state index is 0.00699. The van der Waals surface area contributed by atoms with E-state index in [9.17, 15) is 4.79 Å². The van der Waals surface area contributed by atoms with Gasteiger partial charge in [0.15, 0.2) is 5.96 Å². The molecule has 2 aliphatic rings. The maximum absolute atomic E-state index is 11.7. The van der Waals surface area contributed by atoms with Crippen LogP contribution in [0.3, 0.4) is 0 Å². The highest BCUT2D eigenvalue weighted by molar-refractivity contribution is 5.85. The highest BCUT2D eigenvalue weighted by atomic mass is 16.5. The molecule has 0 aromatic rings. The average Bonchev–Trinajstić information content (AvgIpc) is 2.92. The van der Waals surface area contributed by atoms with Gasteiger partial charge in [-0.1, -0.05) is 20.8 Å². The average molecular weight is 310 g/mol. The SMILES string of the molecule is CCCNC(=NCC(=O)N(C)C)NC1C2CCOC2C1(C)C. The van der Waals surface area contributed by atoms with Crippen molar-refractivity contribution in [2.75, 3.05) is 33.8 Å². The smallest absolute Gasteiger partial charge is 0.243 e. The Kier molecular flexibility index (Phi) is 5.32. The molecule has 0 bridgehead atoms. The molecule has 1 saturated carbocycles. The van der Waals surface area contributed by atoms with Gasteiger partial charge in [-0.15, -0.1) is 0 Å². The standard InChI is InChI=1S/C16H30N4O2/c1-6-8-17-15(18-10-12(21)20(4)5)19-13-11-7-9-22-14(11)16(13,2)3/h11,13-14H,6-10H2,1-5H3,(H2,17,18,19). The van der Waals surface area contributed by atoms with Crippen molar-refractivity contribution in [3.8, 4) is 0 Å². The Bertz CT molecular complexity index is 434. The summed E-state index contributed by atoms with van der Waals surface area (Å²) in [5.74, 6) is 1.29. The number of rotatable bonds is 5. The molecule has 3 unspecified atom stereocenters. The van der Waals surface area contributed by atoms with E-state index in [1.807, 2.05) is 0 Å². The first-order valence-corrected chi connectivity index (χ1v) is 8.24. The molecule has 2 fully saturated rings. The number of hydrogen-bond donors (Lipinski definition) is 2. The second kappa shape index (κ2) is 6.86. The number of carbonyl (C=O) groups excluding carboxylic acids is 1. The van der Waals surface area contributed by atoms with Crippen LogP contribution in [0.4, 0.5) is 0 Å². The quantitative estimate of drug-likeness (QED) is 0.583. The van der Waals surface area contributed by atoms with Gasteiger partial charge in [0.2, 0.25) is 5.91 Å². The van der Waals surface area contributed by atoms with Crippen LogP contribution in [0.15, 0.2) is 4.99 Å². The zero-order chi connectivity index (χ0) is 16.3. The van der Waals surface area contributed by atoms with Gasteiger partial charge >= 0.3 is 0 Å². The number of guanidine groups is 1. The maximum Gasteiger partial charge on any atom is 0.243 e. The van der Waals surface area contributed by atoms with Crippen LogP contribution in [0.2, 0.25) is 0 Å². The maximum atomic E-state index is 11.7. The van der Waals surface area contributed by atoms with E-state index in [-0.39, 0.29) is 17.9 Å². The molecule has 1 saturated heterocycles. The van der Waals surface area contributed by atoms with E-state index in [0.29, 0.717) is 18.1 Å². The molecular weight excluding hydrogens is 280 g/mol. The molecule has 1 heterocycles. The predicted molar refractivity (Wildman–Crippen MR) is 87.8 cm³/mol. The van der Waals surface area contributed by atoms with Crippen LogP contribution < -0.4 is 10.6 Å². The monoisotopic (exact) mass is 310 g/mol. The highest BCUT2D eigenvalue weighted by Crippen LogP contribution is 2.52. The summed E-state index contributed by atoms with van der Waals surface area (Å²) < 4.78 is 5.83. The van der Waals surface area contributed by atoms with E-state index in [1.54, 1.807) is 19.0 Å². The lowest BCUT2D eigenvalue weighted by Gasteiger charge is -2.54. The fourth-order valence-corrected chi connectivity index (χ4v) is 3.45. The first kappa shape index (κ1) is 17.1. The number of amides is 1. The molecule has 3 atom stereocenters. The number of carbonyl (C=O) groups is 1. The molecule has 0 spiro atoms. The first-order valence-electron chi connectivity index (χ1n) is 8.24. The van der Waals surface area contributed by atoms with Gasteiger partial charge in [0.05, 0.1) is 6.10 Å². The molecule has 0 aromatic heterocycles. The van der Waals surface area contributed by atoms with Crippen molar-refractivity contribution in [3.05, 3.63) is 0 Å². The van der Waals surface area contributed by atoms with Gasteiger partial charge in [0.25, 0.3) is 0 Å². The van der Waals surface area contributed by atoms with Crippen LogP contribution in [0, 0.1) is 11.3 Å². The van der Waals surface area contributed by atoms with Crippen LogP contribution in [0.1, 0.15) is 33.6 Å². The molecule has 1 aliphatic carbocycles. The third-order valence-electron chi connectivity index (χ3n) is 4.81. The normalized spacial score (nSPS) is 29.5. The molecule has 6 heteroatoms. The zero-order valence-electron chi connectivity index (χ0n) is 14.5. The van der Waals surface area contributed by atoms with Gasteiger partial charge in [-0.25, -0.2) is 4.99 Å². The summed E-state index contributed by atoms with van der Waals surface area (Å²) in [6, 6.07) is 0.345. The largest absolute Gasteiger partial charge is 0.377 e. The highest BCUT2D eigenvalue weighted by Gasteiger charge is 2.59. The van der Waals surface area contributed by atoms with Crippen molar-refractivity contribution in [2.24, 2.45) is 16.3 Å². The summed E-state index contributed by atoms with van der Waals surface area (Å²) in [6.45, 7) is 8.46. The third-order valence-corrected chi connectivity index (χ3v) is 4.81. The fraction of sp³-hybridized carbons (Fsp3) is 0.875. The lowest BCUT2D eigenvalue weighted by atomic mass is 9.57. The lowest BCUT2D eigenvalue weighted by molar-refractivity contribution is -0.127. The van der Waals surface area contributed by atoms with Crippen molar-refractivity contribution < 1.29 is 9.53 Å². The second-order valence-corrected chi connectivity index (χ2v) is 7.07. The molecule has 6 nitrogen and oxygen atoms in total. The van der Waals surface area contributed by atoms with Crippen LogP contribution in [-0.4, -0.2) is 62.7 Å². The Hall–Kier alpha value is -1.30. The fourth-order valence-electron chi connectivity index (χ4n) is 3.45. The van der Waals surface area contributed by atoms with Gasteiger partial charge in [-0.3, -0.25) is 4.79 Å². The Balaban J connectivity index is 2.00. The Morgan fingerprint density at radius 1 is 1.41 bits per heavy atom. The summed E-state index contributed by atoms with van der Waals surface area (Å²) in [4.78, 5) is 17.8. The molecule has 1 amide bonds. The number of aliphatic imine (C=N–C) groups is 1. The summed E-state index contributed by atoms with van der Waals surface area (Å²) >= 11 is 0. The zero-order valence-corrected chi connectivity index (χ0v) is 14.5. The first-order chi connectivity index (χ1) is 10.4. The minimum Gasteiger partial charge on any atom is -0.377 e. The van der Waals surface area contributed by atoms with Crippen LogP contribution >= 0.6 is 0 Å². The molecule has 2 N–H and O–H groups in total. The van der Waals surface area contributed by atoms with E-state index < -0.39 is 0 Å². The van der Waals surface area contributed by atoms with Crippen molar-refractivity contribution in [2.45, 2.75) is 45.8 Å². The molecule has 0 aromatic carbocycles. The summed E-state index contributed by atoms with van der Waals surface area (Å²) in [7, 11) is 3.50. The summed E-state index contributed by atoms with van der Waals surface area (Å²) in [5.41, 5.74) is 0.0986. The van der Waals surface area contributed by atoms with Crippen molar-refractivity contribution >= 4 is 11.9 Å². The number of ether oxygens (including phenoxy) is 1. The van der Waals surface area contributed by atoms with E-state index in [1.165, 1.54) is 0 Å². The number of nitrogens with one attached hydrogen (secondary N) is 2. The predicted octanol–water partition coefficient (Wildman–Crippen LogP) is 0.833. The second-order valence-electron chi connectivity index (χ2n) is 7.07. The molecule has 126 valence electrons. The van der Waals surface area contributed by atoms with E-state index >= 15 is 0 Å². The lowest BCUT2D eigenvalue weighted by Crippen LogP contribution is -2.68. The van der Waals surface area contributed by atoms with Crippen LogP contribution in [0.5, 0.6) is 0 Å². The molecule has 0 radical (unpaired) electrons.